The van der Waals surface area contributed by atoms with Crippen LogP contribution in [0.1, 0.15) is 17.0 Å². The first-order valence-electron chi connectivity index (χ1n) is 4.84. The predicted octanol–water partition coefficient (Wildman–Crippen LogP) is 3.14. The van der Waals surface area contributed by atoms with Gasteiger partial charge in [0.05, 0.1) is 6.61 Å². The quantitative estimate of drug-likeness (QED) is 0.883. The predicted molar refractivity (Wildman–Crippen MR) is 58.4 cm³/mol. The second-order valence-corrected chi connectivity index (χ2v) is 3.40. The molecule has 1 radical (unpaired) electrons. The fourth-order valence-electron chi connectivity index (χ4n) is 1.39. The van der Waals surface area contributed by atoms with Crippen LogP contribution in [0.15, 0.2) is 24.8 Å². The molecule has 1 rings (SSSR count). The molecule has 1 unspecified atom stereocenters. The third kappa shape index (κ3) is 3.49. The van der Waals surface area contributed by atoms with Gasteiger partial charge in [-0.05, 0) is 6.92 Å². The Hall–Kier alpha value is -1.49. The molecule has 0 aliphatic heterocycles. The molecule has 0 spiro atoms. The first-order chi connectivity index (χ1) is 7.89. The third-order valence-corrected chi connectivity index (χ3v) is 2.17. The Morgan fingerprint density at radius 1 is 1.41 bits per heavy atom. The van der Waals surface area contributed by atoms with E-state index in [1.165, 1.54) is 18.2 Å². The van der Waals surface area contributed by atoms with Gasteiger partial charge in [0.2, 0.25) is 0 Å². The molecule has 1 aromatic rings. The van der Waals surface area contributed by atoms with Crippen LogP contribution in [0, 0.1) is 6.92 Å². The number of halogens is 3. The zero-order chi connectivity index (χ0) is 13.1. The molecule has 1 atom stereocenters. The van der Waals surface area contributed by atoms with Gasteiger partial charge in [-0.3, -0.25) is 0 Å². The monoisotopic (exact) mass is 245 g/mol. The maximum Gasteiger partial charge on any atom is 0.573 e. The van der Waals surface area contributed by atoms with Crippen molar-refractivity contribution in [2.24, 2.45) is 0 Å². The number of aliphatic hydroxyl groups is 1. The molecule has 0 aliphatic carbocycles. The Morgan fingerprint density at radius 3 is 2.53 bits per heavy atom. The molecule has 93 valence electrons. The maximum atomic E-state index is 12.3. The molecule has 5 heteroatoms. The van der Waals surface area contributed by atoms with Crippen LogP contribution in [-0.2, 0) is 0 Å². The Morgan fingerprint density at radius 2 is 2.06 bits per heavy atom. The summed E-state index contributed by atoms with van der Waals surface area (Å²) in [5.41, 5.74) is 0.407. The van der Waals surface area contributed by atoms with E-state index in [2.05, 4.69) is 18.2 Å². The van der Waals surface area contributed by atoms with Crippen LogP contribution in [0.5, 0.6) is 5.75 Å². The van der Waals surface area contributed by atoms with Crippen LogP contribution in [0.25, 0.3) is 6.08 Å². The summed E-state index contributed by atoms with van der Waals surface area (Å²) in [6.45, 7) is 6.61. The van der Waals surface area contributed by atoms with Gasteiger partial charge in [-0.25, -0.2) is 0 Å². The number of benzene rings is 1. The van der Waals surface area contributed by atoms with Crippen molar-refractivity contribution in [1.82, 2.24) is 0 Å². The van der Waals surface area contributed by atoms with Crippen molar-refractivity contribution < 1.29 is 23.0 Å². The summed E-state index contributed by atoms with van der Waals surface area (Å²) in [5.74, 6) is -1.05. The van der Waals surface area contributed by atoms with E-state index in [1.807, 2.05) is 0 Å². The van der Waals surface area contributed by atoms with Crippen LogP contribution in [0.2, 0.25) is 0 Å². The molecule has 1 aromatic carbocycles. The van der Waals surface area contributed by atoms with Gasteiger partial charge in [-0.15, -0.1) is 13.2 Å². The van der Waals surface area contributed by atoms with Crippen molar-refractivity contribution in [1.29, 1.82) is 0 Å². The number of hydrogen-bond acceptors (Lipinski definition) is 2. The van der Waals surface area contributed by atoms with Gasteiger partial charge >= 0.3 is 6.36 Å². The number of aliphatic hydroxyl groups excluding tert-OH is 1. The molecular formula is C12H12F3O2. The maximum absolute atomic E-state index is 12.3. The molecular weight excluding hydrogens is 233 g/mol. The second-order valence-electron chi connectivity index (χ2n) is 3.40. The van der Waals surface area contributed by atoms with Gasteiger partial charge in [0.25, 0.3) is 0 Å². The zero-order valence-electron chi connectivity index (χ0n) is 9.00. The lowest BCUT2D eigenvalue weighted by atomic mass is 9.98. The van der Waals surface area contributed by atoms with Crippen molar-refractivity contribution in [2.45, 2.75) is 12.3 Å². The van der Waals surface area contributed by atoms with Gasteiger partial charge in [0, 0.05) is 17.0 Å². The van der Waals surface area contributed by atoms with E-state index in [0.29, 0.717) is 0 Å². The zero-order valence-corrected chi connectivity index (χ0v) is 9.00. The fraction of sp³-hybridized carbons (Fsp3) is 0.250. The molecule has 0 saturated heterocycles. The van der Waals surface area contributed by atoms with E-state index in [9.17, 15) is 13.2 Å². The molecule has 0 saturated carbocycles. The summed E-state index contributed by atoms with van der Waals surface area (Å²) in [7, 11) is 0. The lowest BCUT2D eigenvalue weighted by molar-refractivity contribution is -0.275. The SMILES string of the molecule is [CH2]C(CO)c1cccc(C=C)c1OC(F)(F)F. The number of alkyl halides is 3. The summed E-state index contributed by atoms with van der Waals surface area (Å²) in [4.78, 5) is 0. The largest absolute Gasteiger partial charge is 0.573 e. The molecule has 17 heavy (non-hydrogen) atoms. The molecule has 0 heterocycles. The summed E-state index contributed by atoms with van der Waals surface area (Å²) in [6, 6.07) is 4.44. The average Bonchev–Trinajstić information content (AvgIpc) is 2.26. The number of hydrogen-bond donors (Lipinski definition) is 1. The normalized spacial score (nSPS) is 13.2. The summed E-state index contributed by atoms with van der Waals surface area (Å²) in [5, 5.41) is 8.95. The minimum absolute atomic E-state index is 0.197. The van der Waals surface area contributed by atoms with Crippen LogP contribution in [0.3, 0.4) is 0 Å². The van der Waals surface area contributed by atoms with Crippen molar-refractivity contribution in [3.8, 4) is 5.75 Å². The molecule has 0 fully saturated rings. The Bertz CT molecular complexity index is 399. The highest BCUT2D eigenvalue weighted by Crippen LogP contribution is 2.34. The van der Waals surface area contributed by atoms with E-state index >= 15 is 0 Å². The van der Waals surface area contributed by atoms with Gasteiger partial charge in [-0.2, -0.15) is 0 Å². The number of para-hydroxylation sites is 1. The number of rotatable bonds is 4. The van der Waals surface area contributed by atoms with Gasteiger partial charge in [0.1, 0.15) is 5.75 Å². The third-order valence-electron chi connectivity index (χ3n) is 2.17. The second kappa shape index (κ2) is 5.23. The van der Waals surface area contributed by atoms with Crippen molar-refractivity contribution >= 4 is 6.08 Å². The smallest absolute Gasteiger partial charge is 0.405 e. The van der Waals surface area contributed by atoms with E-state index in [0.717, 1.165) is 0 Å². The lowest BCUT2D eigenvalue weighted by Gasteiger charge is -2.18. The van der Waals surface area contributed by atoms with Crippen LogP contribution in [-0.4, -0.2) is 18.1 Å². The van der Waals surface area contributed by atoms with E-state index in [4.69, 9.17) is 5.11 Å². The average molecular weight is 245 g/mol. The minimum atomic E-state index is -4.79. The summed E-state index contributed by atoms with van der Waals surface area (Å²) >= 11 is 0. The van der Waals surface area contributed by atoms with Crippen molar-refractivity contribution in [2.75, 3.05) is 6.61 Å². The van der Waals surface area contributed by atoms with E-state index in [-0.39, 0.29) is 23.5 Å². The molecule has 0 bridgehead atoms. The topological polar surface area (TPSA) is 29.5 Å². The summed E-state index contributed by atoms with van der Waals surface area (Å²) < 4.78 is 40.8. The molecule has 1 N–H and O–H groups in total. The Balaban J connectivity index is 3.25. The first kappa shape index (κ1) is 13.6. The fourth-order valence-corrected chi connectivity index (χ4v) is 1.39. The minimum Gasteiger partial charge on any atom is -0.405 e. The highest BCUT2D eigenvalue weighted by molar-refractivity contribution is 5.59. The van der Waals surface area contributed by atoms with Crippen LogP contribution < -0.4 is 4.74 Å². The van der Waals surface area contributed by atoms with Crippen molar-refractivity contribution in [3.05, 3.63) is 42.8 Å². The first-order valence-corrected chi connectivity index (χ1v) is 4.84. The number of ether oxygens (including phenoxy) is 1. The molecule has 0 aromatic heterocycles. The van der Waals surface area contributed by atoms with Crippen molar-refractivity contribution in [3.63, 3.8) is 0 Å². The molecule has 0 amide bonds. The van der Waals surface area contributed by atoms with Gasteiger partial charge < -0.3 is 9.84 Å². The molecule has 0 aliphatic rings. The Kier molecular flexibility index (Phi) is 4.17. The Labute approximate surface area is 97.3 Å². The van der Waals surface area contributed by atoms with E-state index in [1.54, 1.807) is 6.07 Å². The van der Waals surface area contributed by atoms with Crippen LogP contribution in [0.4, 0.5) is 13.2 Å². The lowest BCUT2D eigenvalue weighted by Crippen LogP contribution is -2.19. The van der Waals surface area contributed by atoms with E-state index < -0.39 is 12.3 Å². The summed E-state index contributed by atoms with van der Waals surface area (Å²) in [6.07, 6.45) is -3.53. The molecule has 2 nitrogen and oxygen atoms in total. The highest BCUT2D eigenvalue weighted by Gasteiger charge is 2.33. The highest BCUT2D eigenvalue weighted by atomic mass is 19.4. The van der Waals surface area contributed by atoms with Gasteiger partial charge in [0.15, 0.2) is 0 Å². The standard InChI is InChI=1S/C12H12F3O2/c1-3-9-5-4-6-10(8(2)7-16)11(9)17-12(13,14)15/h3-6,8,16H,1-2,7H2. The van der Waals surface area contributed by atoms with Gasteiger partial charge in [-0.1, -0.05) is 30.9 Å². The van der Waals surface area contributed by atoms with Crippen LogP contribution >= 0.6 is 0 Å².